The Bertz CT molecular complexity index is 721. The summed E-state index contributed by atoms with van der Waals surface area (Å²) in [5.74, 6) is 0.881. The molecule has 0 aliphatic rings. The average Bonchev–Trinajstić information content (AvgIpc) is 2.82. The Labute approximate surface area is 119 Å². The minimum absolute atomic E-state index is 0.611. The van der Waals surface area contributed by atoms with Crippen LogP contribution in [0, 0.1) is 0 Å². The molecule has 4 heteroatoms. The standard InChI is InChI=1S/C15H13BrN2O/c1-19-9-10-3-2-4-11(7-10)15-17-13-6-5-12(16)8-14(13)18-15/h2-8H,9H2,1H3,(H,17,18). The number of rotatable bonds is 3. The smallest absolute Gasteiger partial charge is 0.138 e. The third-order valence-electron chi connectivity index (χ3n) is 2.96. The molecular weight excluding hydrogens is 304 g/mol. The Kier molecular flexibility index (Phi) is 3.36. The summed E-state index contributed by atoms with van der Waals surface area (Å²) in [6.45, 7) is 0.611. The number of ether oxygens (including phenoxy) is 1. The van der Waals surface area contributed by atoms with Crippen molar-refractivity contribution in [1.29, 1.82) is 0 Å². The third kappa shape index (κ3) is 2.55. The lowest BCUT2D eigenvalue weighted by atomic mass is 10.1. The van der Waals surface area contributed by atoms with Crippen molar-refractivity contribution in [2.45, 2.75) is 6.61 Å². The summed E-state index contributed by atoms with van der Waals surface area (Å²) in [6.07, 6.45) is 0. The van der Waals surface area contributed by atoms with Crippen molar-refractivity contribution < 1.29 is 4.74 Å². The van der Waals surface area contributed by atoms with Crippen LogP contribution in [0.5, 0.6) is 0 Å². The minimum atomic E-state index is 0.611. The molecule has 0 fully saturated rings. The highest BCUT2D eigenvalue weighted by atomic mass is 79.9. The van der Waals surface area contributed by atoms with Gasteiger partial charge in [0.2, 0.25) is 0 Å². The number of methoxy groups -OCH3 is 1. The van der Waals surface area contributed by atoms with Crippen LogP contribution in [0.4, 0.5) is 0 Å². The molecule has 0 atom stereocenters. The lowest BCUT2D eigenvalue weighted by molar-refractivity contribution is 0.185. The zero-order valence-electron chi connectivity index (χ0n) is 10.5. The molecule has 3 aromatic rings. The predicted molar refractivity (Wildman–Crippen MR) is 79.9 cm³/mol. The SMILES string of the molecule is COCc1cccc(-c2nc3ccc(Br)cc3[nH]2)c1. The first kappa shape index (κ1) is 12.4. The molecule has 0 aliphatic heterocycles. The van der Waals surface area contributed by atoms with Gasteiger partial charge in [0.15, 0.2) is 0 Å². The van der Waals surface area contributed by atoms with Gasteiger partial charge in [-0.2, -0.15) is 0 Å². The lowest BCUT2D eigenvalue weighted by Crippen LogP contribution is -1.88. The van der Waals surface area contributed by atoms with Crippen molar-refractivity contribution in [3.63, 3.8) is 0 Å². The summed E-state index contributed by atoms with van der Waals surface area (Å²) in [6, 6.07) is 14.2. The van der Waals surface area contributed by atoms with Crippen molar-refractivity contribution in [1.82, 2.24) is 9.97 Å². The highest BCUT2D eigenvalue weighted by molar-refractivity contribution is 9.10. The molecule has 2 aromatic carbocycles. The van der Waals surface area contributed by atoms with E-state index in [4.69, 9.17) is 4.74 Å². The van der Waals surface area contributed by atoms with Gasteiger partial charge in [0.05, 0.1) is 17.6 Å². The second-order valence-corrected chi connectivity index (χ2v) is 5.30. The van der Waals surface area contributed by atoms with E-state index in [-0.39, 0.29) is 0 Å². The van der Waals surface area contributed by atoms with Gasteiger partial charge in [-0.15, -0.1) is 0 Å². The highest BCUT2D eigenvalue weighted by Crippen LogP contribution is 2.23. The van der Waals surface area contributed by atoms with Crippen LogP contribution in [0.1, 0.15) is 5.56 Å². The Hall–Kier alpha value is -1.65. The maximum atomic E-state index is 5.16. The maximum Gasteiger partial charge on any atom is 0.138 e. The van der Waals surface area contributed by atoms with Crippen LogP contribution >= 0.6 is 15.9 Å². The zero-order chi connectivity index (χ0) is 13.2. The van der Waals surface area contributed by atoms with E-state index in [0.717, 1.165) is 32.5 Å². The lowest BCUT2D eigenvalue weighted by Gasteiger charge is -2.01. The summed E-state index contributed by atoms with van der Waals surface area (Å²) in [5.41, 5.74) is 4.21. The van der Waals surface area contributed by atoms with Gasteiger partial charge < -0.3 is 9.72 Å². The Morgan fingerprint density at radius 3 is 2.95 bits per heavy atom. The molecule has 0 aliphatic carbocycles. The fourth-order valence-electron chi connectivity index (χ4n) is 2.09. The summed E-state index contributed by atoms with van der Waals surface area (Å²) in [4.78, 5) is 7.95. The normalized spacial score (nSPS) is 11.1. The molecule has 0 saturated heterocycles. The molecule has 96 valence electrons. The van der Waals surface area contributed by atoms with E-state index in [1.54, 1.807) is 7.11 Å². The van der Waals surface area contributed by atoms with Gasteiger partial charge in [-0.3, -0.25) is 0 Å². The number of nitrogens with zero attached hydrogens (tertiary/aromatic N) is 1. The molecule has 0 saturated carbocycles. The number of benzene rings is 2. The van der Waals surface area contributed by atoms with E-state index in [2.05, 4.69) is 32.0 Å². The fraction of sp³-hybridized carbons (Fsp3) is 0.133. The number of hydrogen-bond donors (Lipinski definition) is 1. The van der Waals surface area contributed by atoms with Crippen molar-refractivity contribution in [2.75, 3.05) is 7.11 Å². The number of aromatic nitrogens is 2. The molecule has 1 heterocycles. The van der Waals surface area contributed by atoms with Gasteiger partial charge in [-0.1, -0.05) is 34.1 Å². The van der Waals surface area contributed by atoms with E-state index < -0.39 is 0 Å². The average molecular weight is 317 g/mol. The predicted octanol–water partition coefficient (Wildman–Crippen LogP) is 4.14. The molecule has 0 spiro atoms. The second kappa shape index (κ2) is 5.15. The number of imidazole rings is 1. The number of halogens is 1. The molecule has 3 rings (SSSR count). The van der Waals surface area contributed by atoms with Gasteiger partial charge in [0.25, 0.3) is 0 Å². The second-order valence-electron chi connectivity index (χ2n) is 4.38. The van der Waals surface area contributed by atoms with E-state index >= 15 is 0 Å². The first-order valence-electron chi connectivity index (χ1n) is 6.00. The van der Waals surface area contributed by atoms with E-state index in [1.807, 2.05) is 36.4 Å². The van der Waals surface area contributed by atoms with Crippen LogP contribution in [0.15, 0.2) is 46.9 Å². The van der Waals surface area contributed by atoms with Gasteiger partial charge in [-0.05, 0) is 29.8 Å². The largest absolute Gasteiger partial charge is 0.380 e. The Morgan fingerprint density at radius 2 is 2.11 bits per heavy atom. The van der Waals surface area contributed by atoms with Gasteiger partial charge in [-0.25, -0.2) is 4.98 Å². The van der Waals surface area contributed by atoms with E-state index in [1.165, 1.54) is 0 Å². The number of nitrogens with one attached hydrogen (secondary N) is 1. The number of hydrogen-bond acceptors (Lipinski definition) is 2. The quantitative estimate of drug-likeness (QED) is 0.788. The molecule has 1 aromatic heterocycles. The molecular formula is C15H13BrN2O. The molecule has 0 unspecified atom stereocenters. The van der Waals surface area contributed by atoms with Crippen molar-refractivity contribution in [3.8, 4) is 11.4 Å². The number of H-pyrrole nitrogens is 1. The Morgan fingerprint density at radius 1 is 1.21 bits per heavy atom. The van der Waals surface area contributed by atoms with Crippen molar-refractivity contribution >= 4 is 27.0 Å². The van der Waals surface area contributed by atoms with Gasteiger partial charge >= 0.3 is 0 Å². The van der Waals surface area contributed by atoms with Crippen LogP contribution in [-0.2, 0) is 11.3 Å². The number of aromatic amines is 1. The zero-order valence-corrected chi connectivity index (χ0v) is 12.1. The molecule has 0 amide bonds. The van der Waals surface area contributed by atoms with Crippen molar-refractivity contribution in [3.05, 3.63) is 52.5 Å². The first-order chi connectivity index (χ1) is 9.26. The van der Waals surface area contributed by atoms with Crippen LogP contribution in [0.25, 0.3) is 22.4 Å². The molecule has 3 nitrogen and oxygen atoms in total. The summed E-state index contributed by atoms with van der Waals surface area (Å²) in [7, 11) is 1.70. The third-order valence-corrected chi connectivity index (χ3v) is 3.45. The van der Waals surface area contributed by atoms with Gasteiger partial charge in [0.1, 0.15) is 5.82 Å². The van der Waals surface area contributed by atoms with Gasteiger partial charge in [0, 0.05) is 17.1 Å². The Balaban J connectivity index is 2.05. The first-order valence-corrected chi connectivity index (χ1v) is 6.79. The van der Waals surface area contributed by atoms with Crippen LogP contribution < -0.4 is 0 Å². The highest BCUT2D eigenvalue weighted by Gasteiger charge is 2.06. The fourth-order valence-corrected chi connectivity index (χ4v) is 2.45. The van der Waals surface area contributed by atoms with E-state index in [0.29, 0.717) is 6.61 Å². The molecule has 19 heavy (non-hydrogen) atoms. The minimum Gasteiger partial charge on any atom is -0.380 e. The van der Waals surface area contributed by atoms with Crippen LogP contribution in [0.3, 0.4) is 0 Å². The molecule has 1 N–H and O–H groups in total. The maximum absolute atomic E-state index is 5.16. The number of fused-ring (bicyclic) bond motifs is 1. The van der Waals surface area contributed by atoms with Crippen LogP contribution in [0.2, 0.25) is 0 Å². The van der Waals surface area contributed by atoms with E-state index in [9.17, 15) is 0 Å². The topological polar surface area (TPSA) is 37.9 Å². The summed E-state index contributed by atoms with van der Waals surface area (Å²) in [5, 5.41) is 0. The van der Waals surface area contributed by atoms with Crippen LogP contribution in [-0.4, -0.2) is 17.1 Å². The summed E-state index contributed by atoms with van der Waals surface area (Å²) < 4.78 is 6.20. The van der Waals surface area contributed by atoms with Crippen molar-refractivity contribution in [2.24, 2.45) is 0 Å². The monoisotopic (exact) mass is 316 g/mol. The molecule has 0 bridgehead atoms. The molecule has 0 radical (unpaired) electrons. The summed E-state index contributed by atoms with van der Waals surface area (Å²) >= 11 is 3.47.